The van der Waals surface area contributed by atoms with Gasteiger partial charge in [0.05, 0.1) is 5.02 Å². The number of rotatable bonds is 5. The van der Waals surface area contributed by atoms with Gasteiger partial charge in [0.1, 0.15) is 18.9 Å². The standard InChI is InChI=1S/C11H9ClN2O4/c12-7-1-2-13-11-10(7)6(3-14-11)8(15)4-18-5-9(16)17/h1-3H,4-5H2,(H,13,14)(H,16,17). The van der Waals surface area contributed by atoms with Crippen LogP contribution in [0.15, 0.2) is 18.5 Å². The highest BCUT2D eigenvalue weighted by atomic mass is 35.5. The molecule has 7 heteroatoms. The highest BCUT2D eigenvalue weighted by Gasteiger charge is 2.15. The minimum absolute atomic E-state index is 0.315. The number of fused-ring (bicyclic) bond motifs is 1. The number of aliphatic carboxylic acids is 1. The van der Waals surface area contributed by atoms with E-state index in [0.29, 0.717) is 21.6 Å². The Morgan fingerprint density at radius 2 is 2.22 bits per heavy atom. The van der Waals surface area contributed by atoms with Crippen molar-refractivity contribution >= 4 is 34.4 Å². The molecule has 0 aliphatic rings. The summed E-state index contributed by atoms with van der Waals surface area (Å²) in [4.78, 5) is 28.9. The third kappa shape index (κ3) is 2.49. The number of carboxylic acid groups (broad SMARTS) is 1. The van der Waals surface area contributed by atoms with Crippen molar-refractivity contribution in [3.8, 4) is 0 Å². The van der Waals surface area contributed by atoms with E-state index in [4.69, 9.17) is 21.4 Å². The van der Waals surface area contributed by atoms with Gasteiger partial charge in [-0.05, 0) is 6.07 Å². The highest BCUT2D eigenvalue weighted by Crippen LogP contribution is 2.25. The first-order valence-electron chi connectivity index (χ1n) is 5.04. The van der Waals surface area contributed by atoms with Crippen LogP contribution in [0.4, 0.5) is 0 Å². The van der Waals surface area contributed by atoms with Crippen molar-refractivity contribution in [2.75, 3.05) is 13.2 Å². The lowest BCUT2D eigenvalue weighted by Crippen LogP contribution is -2.14. The van der Waals surface area contributed by atoms with Crippen LogP contribution < -0.4 is 0 Å². The lowest BCUT2D eigenvalue weighted by Gasteiger charge is -2.00. The normalized spacial score (nSPS) is 10.7. The van der Waals surface area contributed by atoms with Crippen LogP contribution in [0, 0.1) is 0 Å². The number of pyridine rings is 1. The summed E-state index contributed by atoms with van der Waals surface area (Å²) in [5, 5.41) is 9.32. The molecule has 0 saturated heterocycles. The molecule has 2 rings (SSSR count). The van der Waals surface area contributed by atoms with Crippen LogP contribution in [-0.4, -0.2) is 40.0 Å². The summed E-state index contributed by atoms with van der Waals surface area (Å²) < 4.78 is 4.74. The quantitative estimate of drug-likeness (QED) is 0.802. The first-order valence-corrected chi connectivity index (χ1v) is 5.41. The van der Waals surface area contributed by atoms with Gasteiger partial charge in [-0.1, -0.05) is 11.6 Å². The predicted octanol–water partition coefficient (Wildman–Crippen LogP) is 1.50. The number of halogens is 1. The maximum Gasteiger partial charge on any atom is 0.329 e. The molecule has 0 radical (unpaired) electrons. The number of aromatic nitrogens is 2. The summed E-state index contributed by atoms with van der Waals surface area (Å²) in [5.41, 5.74) is 0.845. The summed E-state index contributed by atoms with van der Waals surface area (Å²) in [6.07, 6.45) is 3.01. The second-order valence-electron chi connectivity index (χ2n) is 3.53. The van der Waals surface area contributed by atoms with Gasteiger partial charge in [-0.3, -0.25) is 4.79 Å². The Bertz CT molecular complexity index is 608. The molecule has 0 aliphatic heterocycles. The zero-order chi connectivity index (χ0) is 13.1. The molecule has 0 aromatic carbocycles. The van der Waals surface area contributed by atoms with Gasteiger partial charge < -0.3 is 14.8 Å². The largest absolute Gasteiger partial charge is 0.480 e. The minimum atomic E-state index is -1.12. The van der Waals surface area contributed by atoms with E-state index in [1.54, 1.807) is 6.07 Å². The average molecular weight is 269 g/mol. The van der Waals surface area contributed by atoms with E-state index in [2.05, 4.69) is 9.97 Å². The third-order valence-corrected chi connectivity index (χ3v) is 2.60. The van der Waals surface area contributed by atoms with Crippen molar-refractivity contribution in [1.29, 1.82) is 0 Å². The molecule has 2 heterocycles. The SMILES string of the molecule is O=C(O)COCC(=O)c1c[nH]c2nccc(Cl)c12. The van der Waals surface area contributed by atoms with Crippen molar-refractivity contribution in [3.05, 3.63) is 29.0 Å². The van der Waals surface area contributed by atoms with Crippen molar-refractivity contribution < 1.29 is 19.4 Å². The number of Topliss-reactive ketones (excluding diaryl/α,β-unsaturated/α-hetero) is 1. The molecule has 94 valence electrons. The molecule has 2 aromatic rings. The molecule has 0 saturated carbocycles. The minimum Gasteiger partial charge on any atom is -0.480 e. The van der Waals surface area contributed by atoms with Crippen LogP contribution in [0.2, 0.25) is 5.02 Å². The first kappa shape index (κ1) is 12.5. The van der Waals surface area contributed by atoms with Crippen LogP contribution >= 0.6 is 11.6 Å². The van der Waals surface area contributed by atoms with Crippen LogP contribution in [0.1, 0.15) is 10.4 Å². The zero-order valence-electron chi connectivity index (χ0n) is 9.14. The van der Waals surface area contributed by atoms with E-state index in [1.807, 2.05) is 0 Å². The number of ether oxygens (including phenoxy) is 1. The number of nitrogens with zero attached hydrogens (tertiary/aromatic N) is 1. The van der Waals surface area contributed by atoms with E-state index < -0.39 is 12.6 Å². The van der Waals surface area contributed by atoms with E-state index in [0.717, 1.165) is 0 Å². The first-order chi connectivity index (χ1) is 8.59. The fraction of sp³-hybridized carbons (Fsp3) is 0.182. The molecular formula is C11H9ClN2O4. The summed E-state index contributed by atoms with van der Waals surface area (Å²) in [6, 6.07) is 1.58. The van der Waals surface area contributed by atoms with E-state index in [-0.39, 0.29) is 12.4 Å². The molecule has 0 amide bonds. The molecule has 0 spiro atoms. The number of carbonyl (C=O) groups excluding carboxylic acids is 1. The fourth-order valence-corrected chi connectivity index (χ4v) is 1.79. The van der Waals surface area contributed by atoms with Crippen molar-refractivity contribution in [2.24, 2.45) is 0 Å². The highest BCUT2D eigenvalue weighted by molar-refractivity contribution is 6.36. The van der Waals surface area contributed by atoms with E-state index >= 15 is 0 Å². The number of hydrogen-bond acceptors (Lipinski definition) is 4. The maximum atomic E-state index is 11.8. The molecule has 6 nitrogen and oxygen atoms in total. The molecule has 0 bridgehead atoms. The Morgan fingerprint density at radius 1 is 1.44 bits per heavy atom. The van der Waals surface area contributed by atoms with Crippen molar-refractivity contribution in [3.63, 3.8) is 0 Å². The van der Waals surface area contributed by atoms with E-state index in [1.165, 1.54) is 12.4 Å². The number of nitrogens with one attached hydrogen (secondary N) is 1. The van der Waals surface area contributed by atoms with Gasteiger partial charge in [0.2, 0.25) is 0 Å². The topological polar surface area (TPSA) is 92.3 Å². The number of H-pyrrole nitrogens is 1. The van der Waals surface area contributed by atoms with Crippen LogP contribution in [0.3, 0.4) is 0 Å². The van der Waals surface area contributed by atoms with E-state index in [9.17, 15) is 9.59 Å². The summed E-state index contributed by atoms with van der Waals surface area (Å²) in [6.45, 7) is -0.829. The second-order valence-corrected chi connectivity index (χ2v) is 3.94. The van der Waals surface area contributed by atoms with Crippen LogP contribution in [0.25, 0.3) is 11.0 Å². The summed E-state index contributed by atoms with van der Waals surface area (Å²) >= 11 is 5.98. The van der Waals surface area contributed by atoms with Crippen molar-refractivity contribution in [2.45, 2.75) is 0 Å². The Kier molecular flexibility index (Phi) is 3.59. The molecule has 0 fully saturated rings. The van der Waals surface area contributed by atoms with Gasteiger partial charge >= 0.3 is 5.97 Å². The maximum absolute atomic E-state index is 11.8. The fourth-order valence-electron chi connectivity index (χ4n) is 1.55. The van der Waals surface area contributed by atoms with Crippen molar-refractivity contribution in [1.82, 2.24) is 9.97 Å². The van der Waals surface area contributed by atoms with Gasteiger partial charge in [0, 0.05) is 23.3 Å². The molecule has 18 heavy (non-hydrogen) atoms. The molecule has 0 atom stereocenters. The zero-order valence-corrected chi connectivity index (χ0v) is 9.90. The van der Waals surface area contributed by atoms with Gasteiger partial charge in [-0.15, -0.1) is 0 Å². The van der Waals surface area contributed by atoms with Gasteiger partial charge in [0.25, 0.3) is 0 Å². The lowest BCUT2D eigenvalue weighted by molar-refractivity contribution is -0.141. The second kappa shape index (κ2) is 5.16. The monoisotopic (exact) mass is 268 g/mol. The summed E-state index contributed by atoms with van der Waals surface area (Å²) in [7, 11) is 0. The summed E-state index contributed by atoms with van der Waals surface area (Å²) in [5.74, 6) is -1.47. The number of ketones is 1. The number of carbonyl (C=O) groups is 2. The smallest absolute Gasteiger partial charge is 0.329 e. The Labute approximate surface area is 107 Å². The lowest BCUT2D eigenvalue weighted by atomic mass is 10.1. The Morgan fingerprint density at radius 3 is 2.94 bits per heavy atom. The molecular weight excluding hydrogens is 260 g/mol. The van der Waals surface area contributed by atoms with Gasteiger partial charge in [-0.2, -0.15) is 0 Å². The average Bonchev–Trinajstić information content (AvgIpc) is 2.73. The number of aromatic amines is 1. The molecule has 0 aliphatic carbocycles. The Hall–Kier alpha value is -1.92. The third-order valence-electron chi connectivity index (χ3n) is 2.28. The predicted molar refractivity (Wildman–Crippen MR) is 63.9 cm³/mol. The molecule has 0 unspecified atom stereocenters. The van der Waals surface area contributed by atoms with Crippen LogP contribution in [0.5, 0.6) is 0 Å². The van der Waals surface area contributed by atoms with Gasteiger partial charge in [-0.25, -0.2) is 9.78 Å². The number of carboxylic acids is 1. The van der Waals surface area contributed by atoms with Gasteiger partial charge in [0.15, 0.2) is 5.78 Å². The number of hydrogen-bond donors (Lipinski definition) is 2. The Balaban J connectivity index is 2.20. The molecule has 2 aromatic heterocycles. The molecule has 2 N–H and O–H groups in total. The van der Waals surface area contributed by atoms with Crippen LogP contribution in [-0.2, 0) is 9.53 Å².